The first-order chi connectivity index (χ1) is 38.4. The monoisotopic (exact) mass is 1170 g/mol. The Labute approximate surface area is 465 Å². The molecule has 0 spiro atoms. The molecular weight excluding hydrogens is 1110 g/mol. The second-order valence-electron chi connectivity index (χ2n) is 21.4. The van der Waals surface area contributed by atoms with E-state index in [1.165, 1.54) is 12.1 Å². The number of ether oxygens (including phenoxy) is 3. The number of halogens is 10. The number of pyridine rings is 1. The fourth-order valence-electron chi connectivity index (χ4n) is 9.91. The number of rotatable bonds is 19. The standard InChI is InChI=1S/C54H62F10N10O8/c1-29-18-32(22-66-45(29)71-23-34-14-15-35(24-71)74(34)36-27-81-28-36)13-10-30-8-11-31(12-9-30)19-41(67-46(76)43(68-50(79)80-7)51(2,3)53(59,60)61)42(75)26-72(70-47(77)44(82-49(78)65-6)52(4,5)54(62,63)64)25-37-38(55)20-33(21-39(37)56)40-16-17-73(69-40)48(57)58/h8-9,11-12,16-18,20-22,34-36,41-44,48,75H,14-15,19,23-28H2,1-7H3,(H,65,78)(H,67,76)(H,68,79)(H,70,77)/t34-,35-,41-,42-,43+,44+/m0/s1. The molecule has 446 valence electrons. The lowest BCUT2D eigenvalue weighted by Crippen LogP contribution is -2.62. The molecule has 5 N–H and O–H groups in total. The Morgan fingerprint density at radius 2 is 1.45 bits per heavy atom. The van der Waals surface area contributed by atoms with E-state index >= 15 is 8.78 Å². The lowest BCUT2D eigenvalue weighted by Gasteiger charge is -2.48. The molecule has 28 heteroatoms. The Hall–Kier alpha value is -7.22. The number of hydrazine groups is 1. The van der Waals surface area contributed by atoms with Gasteiger partial charge in [-0.2, -0.15) is 40.2 Å². The molecule has 2 aromatic heterocycles. The maximum Gasteiger partial charge on any atom is 0.407 e. The normalized spacial score (nSPS) is 18.4. The predicted octanol–water partition coefficient (Wildman–Crippen LogP) is 6.93. The molecule has 3 aliphatic heterocycles. The minimum absolute atomic E-state index is 0.198. The highest BCUT2D eigenvalue weighted by atomic mass is 19.4. The van der Waals surface area contributed by atoms with E-state index in [2.05, 4.69) is 36.8 Å². The highest BCUT2D eigenvalue weighted by Crippen LogP contribution is 2.43. The summed E-state index contributed by atoms with van der Waals surface area (Å²) in [5, 5.41) is 22.2. The van der Waals surface area contributed by atoms with Gasteiger partial charge in [0.15, 0.2) is 6.10 Å². The molecule has 82 heavy (non-hydrogen) atoms. The van der Waals surface area contributed by atoms with Crippen molar-refractivity contribution in [1.29, 1.82) is 0 Å². The number of fused-ring (bicyclic) bond motifs is 2. The lowest BCUT2D eigenvalue weighted by molar-refractivity contribution is -0.239. The minimum Gasteiger partial charge on any atom is -0.453 e. The molecule has 3 aliphatic rings. The Kier molecular flexibility index (Phi) is 19.1. The number of alkyl halides is 8. The number of piperazine rings is 1. The number of carbonyl (C=O) groups excluding carboxylic acids is 4. The number of nitrogens with one attached hydrogen (secondary N) is 4. The van der Waals surface area contributed by atoms with E-state index in [-0.39, 0.29) is 21.5 Å². The van der Waals surface area contributed by atoms with Crippen LogP contribution >= 0.6 is 0 Å². The van der Waals surface area contributed by atoms with E-state index in [4.69, 9.17) is 14.5 Å². The molecular formula is C54H62F10N10O8. The van der Waals surface area contributed by atoms with Crippen molar-refractivity contribution in [3.63, 3.8) is 0 Å². The first-order valence-electron chi connectivity index (χ1n) is 25.8. The average Bonchev–Trinajstić information content (AvgIpc) is 4.05. The summed E-state index contributed by atoms with van der Waals surface area (Å²) >= 11 is 0. The van der Waals surface area contributed by atoms with Crippen LogP contribution in [0.1, 0.15) is 74.9 Å². The molecule has 0 aliphatic carbocycles. The number of alkyl carbamates (subject to hydrolysis) is 2. The number of amides is 4. The zero-order chi connectivity index (χ0) is 60.2. The number of carbonyl (C=O) groups is 4. The Morgan fingerprint density at radius 3 is 1.98 bits per heavy atom. The van der Waals surface area contributed by atoms with Crippen LogP contribution in [0.25, 0.3) is 11.3 Å². The number of hydrogen-bond acceptors (Lipinski definition) is 13. The molecule has 0 saturated carbocycles. The summed E-state index contributed by atoms with van der Waals surface area (Å²) in [5.74, 6) is 0.812. The summed E-state index contributed by atoms with van der Waals surface area (Å²) in [6.45, 7) is 1.89. The van der Waals surface area contributed by atoms with E-state index in [1.54, 1.807) is 18.3 Å². The molecule has 5 heterocycles. The number of aliphatic hydroxyl groups is 1. The van der Waals surface area contributed by atoms with Gasteiger partial charge in [0.1, 0.15) is 28.9 Å². The van der Waals surface area contributed by atoms with Crippen molar-refractivity contribution in [3.05, 3.63) is 100 Å². The molecule has 0 unspecified atom stereocenters. The minimum atomic E-state index is -5.27. The number of aryl methyl sites for hydroxylation is 1. The van der Waals surface area contributed by atoms with Crippen LogP contribution in [0.15, 0.2) is 60.9 Å². The lowest BCUT2D eigenvalue weighted by atomic mass is 9.82. The zero-order valence-corrected chi connectivity index (χ0v) is 45.5. The third kappa shape index (κ3) is 14.2. The highest BCUT2D eigenvalue weighted by molar-refractivity contribution is 5.87. The van der Waals surface area contributed by atoms with E-state index in [0.717, 1.165) is 76.9 Å². The summed E-state index contributed by atoms with van der Waals surface area (Å²) < 4.78 is 161. The van der Waals surface area contributed by atoms with Crippen LogP contribution in [0.5, 0.6) is 0 Å². The smallest absolute Gasteiger partial charge is 0.407 e. The fourth-order valence-corrected chi connectivity index (χ4v) is 9.91. The fraction of sp³-hybridized carbons (Fsp3) is 0.519. The summed E-state index contributed by atoms with van der Waals surface area (Å²) in [5.41, 5.74) is -3.60. The summed E-state index contributed by atoms with van der Waals surface area (Å²) in [6.07, 6.45) is -14.1. The third-order valence-corrected chi connectivity index (χ3v) is 15.0. The first-order valence-corrected chi connectivity index (χ1v) is 25.8. The van der Waals surface area contributed by atoms with Crippen LogP contribution in [0.4, 0.5) is 59.3 Å². The van der Waals surface area contributed by atoms with Gasteiger partial charge < -0.3 is 40.2 Å². The van der Waals surface area contributed by atoms with E-state index in [0.29, 0.717) is 74.1 Å². The van der Waals surface area contributed by atoms with Gasteiger partial charge in [0.05, 0.1) is 49.6 Å². The average molecular weight is 1170 g/mol. The second kappa shape index (κ2) is 25.1. The van der Waals surface area contributed by atoms with Gasteiger partial charge in [0.25, 0.3) is 5.91 Å². The third-order valence-electron chi connectivity index (χ3n) is 15.0. The quantitative estimate of drug-likeness (QED) is 0.0368. The van der Waals surface area contributed by atoms with Gasteiger partial charge in [-0.1, -0.05) is 24.0 Å². The van der Waals surface area contributed by atoms with E-state index < -0.39 is 115 Å². The van der Waals surface area contributed by atoms with Gasteiger partial charge in [-0.05, 0) is 101 Å². The van der Waals surface area contributed by atoms with E-state index in [9.17, 15) is 59.4 Å². The van der Waals surface area contributed by atoms with Gasteiger partial charge in [-0.3, -0.25) is 19.9 Å². The maximum absolute atomic E-state index is 16.1. The van der Waals surface area contributed by atoms with Crippen LogP contribution in [0, 0.1) is 41.2 Å². The zero-order valence-electron chi connectivity index (χ0n) is 45.5. The Morgan fingerprint density at radius 1 is 0.841 bits per heavy atom. The molecule has 2 bridgehead atoms. The SMILES string of the molecule is CNC(=O)O[C@H](C(=O)NN(Cc1c(F)cc(-c2ccn(C(F)F)n2)cc1F)C[C@H](O)[C@H](Cc1ccc(C#Cc2cnc(N3C[C@@H]4CC[C@@H](C3)N4C3COC3)c(C)c2)cc1)NC(=O)[C@@H](NC(=O)OC)C(C)(C)C(F)(F)F)C(C)(C)C(F)(F)F. The van der Waals surface area contributed by atoms with E-state index in [1.807, 2.05) is 29.0 Å². The molecule has 18 nitrogen and oxygen atoms in total. The first kappa shape index (κ1) is 62.4. The van der Waals surface area contributed by atoms with Gasteiger partial charge in [-0.25, -0.2) is 33.0 Å². The number of nitrogens with zero attached hydrogens (tertiary/aromatic N) is 6. The van der Waals surface area contributed by atoms with Gasteiger partial charge in [0.2, 0.25) is 5.91 Å². The summed E-state index contributed by atoms with van der Waals surface area (Å²) in [7, 11) is 1.79. The van der Waals surface area contributed by atoms with Crippen molar-refractivity contribution < 1.29 is 82.4 Å². The maximum atomic E-state index is 16.1. The number of aromatic nitrogens is 3. The molecule has 3 fully saturated rings. The van der Waals surface area contributed by atoms with Crippen molar-refractivity contribution in [2.75, 3.05) is 51.9 Å². The van der Waals surface area contributed by atoms with Crippen LogP contribution in [0.2, 0.25) is 0 Å². The Bertz CT molecular complexity index is 2980. The second-order valence-corrected chi connectivity index (χ2v) is 21.4. The Balaban J connectivity index is 1.19. The van der Waals surface area contributed by atoms with Crippen molar-refractivity contribution in [3.8, 4) is 23.1 Å². The van der Waals surface area contributed by atoms with Crippen molar-refractivity contribution in [2.45, 2.75) is 122 Å². The molecule has 0 radical (unpaired) electrons. The number of methoxy groups -OCH3 is 1. The van der Waals surface area contributed by atoms with Crippen LogP contribution in [-0.4, -0.2) is 156 Å². The largest absolute Gasteiger partial charge is 0.453 e. The van der Waals surface area contributed by atoms with Crippen LogP contribution < -0.4 is 26.3 Å². The number of hydrogen-bond donors (Lipinski definition) is 5. The molecule has 4 aromatic rings. The van der Waals surface area contributed by atoms with Gasteiger partial charge in [-0.15, -0.1) is 0 Å². The van der Waals surface area contributed by atoms with Crippen LogP contribution in [0.3, 0.4) is 0 Å². The molecule has 6 atom stereocenters. The van der Waals surface area contributed by atoms with Crippen molar-refractivity contribution >= 4 is 29.8 Å². The molecule has 3 saturated heterocycles. The topological polar surface area (TPSA) is 205 Å². The van der Waals surface area contributed by atoms with Gasteiger partial charge in [0, 0.05) is 80.0 Å². The molecule has 4 amide bonds. The number of benzene rings is 2. The molecule has 2 aromatic carbocycles. The van der Waals surface area contributed by atoms with Gasteiger partial charge >= 0.3 is 31.1 Å². The summed E-state index contributed by atoms with van der Waals surface area (Å²) in [4.78, 5) is 62.6. The number of aliphatic hydroxyl groups excluding tert-OH is 1. The van der Waals surface area contributed by atoms with Crippen molar-refractivity contribution in [2.24, 2.45) is 10.8 Å². The summed E-state index contributed by atoms with van der Waals surface area (Å²) in [6, 6.07) is 7.36. The van der Waals surface area contributed by atoms with Crippen molar-refractivity contribution in [1.82, 2.24) is 46.0 Å². The van der Waals surface area contributed by atoms with Crippen LogP contribution in [-0.2, 0) is 36.8 Å². The predicted molar refractivity (Wildman–Crippen MR) is 274 cm³/mol. The highest BCUT2D eigenvalue weighted by Gasteiger charge is 2.58. The molecule has 7 rings (SSSR count). The number of anilines is 1.